The molecule has 1 unspecified atom stereocenters. The van der Waals surface area contributed by atoms with Gasteiger partial charge in [0.2, 0.25) is 0 Å². The fourth-order valence-electron chi connectivity index (χ4n) is 4.31. The van der Waals surface area contributed by atoms with E-state index in [0.717, 1.165) is 35.3 Å². The third-order valence-electron chi connectivity index (χ3n) is 6.31. The summed E-state index contributed by atoms with van der Waals surface area (Å²) >= 11 is 1.47. The average Bonchev–Trinajstić information content (AvgIpc) is 3.02. The lowest BCUT2D eigenvalue weighted by Gasteiger charge is -2.36. The van der Waals surface area contributed by atoms with E-state index in [-0.39, 0.29) is 12.4 Å². The van der Waals surface area contributed by atoms with Crippen LogP contribution in [0, 0.1) is 0 Å². The number of amides is 1. The Morgan fingerprint density at radius 2 is 1.15 bits per heavy atom. The Morgan fingerprint density at radius 3 is 1.51 bits per heavy atom. The zero-order valence-electron chi connectivity index (χ0n) is 23.5. The summed E-state index contributed by atoms with van der Waals surface area (Å²) < 4.78 is 4.58. The van der Waals surface area contributed by atoms with Gasteiger partial charge in [-0.1, -0.05) is 135 Å². The zero-order valence-corrected chi connectivity index (χ0v) is 24.3. The summed E-state index contributed by atoms with van der Waals surface area (Å²) in [6.07, 6.45) is -0.767. The third kappa shape index (κ3) is 9.23. The van der Waals surface area contributed by atoms with Crippen molar-refractivity contribution in [1.29, 1.82) is 0 Å². The van der Waals surface area contributed by atoms with E-state index in [9.17, 15) is 14.7 Å². The molecule has 3 N–H and O–H groups in total. The summed E-state index contributed by atoms with van der Waals surface area (Å²) in [5.41, 5.74) is 3.87. The van der Waals surface area contributed by atoms with Crippen LogP contribution in [-0.2, 0) is 20.9 Å². The standard InChI is InChI=1S/C30H27NO4S.C4H11N/c32-28(33)27(31-29(34)35-21-23-13-5-1-6-14-23)22-36-30(24-15-7-2-8-16-24,25-17-9-3-10-18-25)26-19-11-4-12-20-26;1-3-5-4-2/h1-20,27H,21-22H2,(H,31,34)(H,32,33);5H,3-4H2,1-2H3. The molecule has 0 saturated carbocycles. The quantitative estimate of drug-likeness (QED) is 0.164. The molecule has 1 amide bonds. The molecule has 6 nitrogen and oxygen atoms in total. The van der Waals surface area contributed by atoms with E-state index < -0.39 is 22.9 Å². The predicted molar refractivity (Wildman–Crippen MR) is 167 cm³/mol. The van der Waals surface area contributed by atoms with Gasteiger partial charge in [0.1, 0.15) is 12.6 Å². The molecule has 0 aliphatic rings. The molecule has 0 bridgehead atoms. The van der Waals surface area contributed by atoms with Crippen LogP contribution < -0.4 is 10.6 Å². The highest BCUT2D eigenvalue weighted by atomic mass is 32.2. The van der Waals surface area contributed by atoms with E-state index >= 15 is 0 Å². The molecule has 0 aliphatic heterocycles. The maximum atomic E-state index is 12.5. The molecule has 41 heavy (non-hydrogen) atoms. The SMILES string of the molecule is CCNCC.O=C(NC(CSC(c1ccccc1)(c1ccccc1)c1ccccc1)C(=O)O)OCc1ccccc1. The summed E-state index contributed by atoms with van der Waals surface area (Å²) in [5, 5.41) is 15.6. The Kier molecular flexibility index (Phi) is 13.0. The van der Waals surface area contributed by atoms with Crippen LogP contribution in [0.1, 0.15) is 36.1 Å². The van der Waals surface area contributed by atoms with E-state index in [4.69, 9.17) is 4.74 Å². The highest BCUT2D eigenvalue weighted by molar-refractivity contribution is 8.00. The lowest BCUT2D eigenvalue weighted by molar-refractivity contribution is -0.138. The number of carboxylic acid groups (broad SMARTS) is 1. The number of thioether (sulfide) groups is 1. The second-order valence-corrected chi connectivity index (χ2v) is 10.4. The van der Waals surface area contributed by atoms with E-state index in [1.165, 1.54) is 11.8 Å². The van der Waals surface area contributed by atoms with Gasteiger partial charge >= 0.3 is 12.1 Å². The fraction of sp³-hybridized carbons (Fsp3) is 0.235. The summed E-state index contributed by atoms with van der Waals surface area (Å²) in [6, 6.07) is 38.1. The lowest BCUT2D eigenvalue weighted by Crippen LogP contribution is -2.44. The molecule has 0 aromatic heterocycles. The van der Waals surface area contributed by atoms with Gasteiger partial charge in [-0.3, -0.25) is 0 Å². The number of carbonyl (C=O) groups excluding carboxylic acids is 1. The second-order valence-electron chi connectivity index (χ2n) is 9.14. The van der Waals surface area contributed by atoms with Gasteiger partial charge in [-0.2, -0.15) is 0 Å². The topological polar surface area (TPSA) is 87.7 Å². The largest absolute Gasteiger partial charge is 0.480 e. The number of benzene rings is 4. The molecule has 0 fully saturated rings. The number of aliphatic carboxylic acids is 1. The second kappa shape index (κ2) is 16.9. The van der Waals surface area contributed by atoms with Gasteiger partial charge in [0.25, 0.3) is 0 Å². The lowest BCUT2D eigenvalue weighted by atomic mass is 9.84. The molecule has 0 aliphatic carbocycles. The number of alkyl carbamates (subject to hydrolysis) is 1. The Bertz CT molecular complexity index is 1210. The predicted octanol–water partition coefficient (Wildman–Crippen LogP) is 6.71. The van der Waals surface area contributed by atoms with Crippen molar-refractivity contribution in [3.63, 3.8) is 0 Å². The van der Waals surface area contributed by atoms with E-state index in [2.05, 4.69) is 24.5 Å². The molecule has 0 radical (unpaired) electrons. The van der Waals surface area contributed by atoms with Crippen molar-refractivity contribution in [2.75, 3.05) is 18.8 Å². The zero-order chi connectivity index (χ0) is 29.3. The fourth-order valence-corrected chi connectivity index (χ4v) is 5.86. The Labute approximate surface area is 247 Å². The minimum Gasteiger partial charge on any atom is -0.480 e. The summed E-state index contributed by atoms with van der Waals surface area (Å²) in [4.78, 5) is 24.6. The van der Waals surface area contributed by atoms with Crippen LogP contribution in [0.4, 0.5) is 4.79 Å². The number of rotatable bonds is 12. The van der Waals surface area contributed by atoms with Crippen molar-refractivity contribution >= 4 is 23.8 Å². The molecule has 0 saturated heterocycles. The first-order valence-corrected chi connectivity index (χ1v) is 14.7. The van der Waals surface area contributed by atoms with Crippen LogP contribution in [0.15, 0.2) is 121 Å². The Hall–Kier alpha value is -4.07. The van der Waals surface area contributed by atoms with Crippen molar-refractivity contribution in [2.45, 2.75) is 31.2 Å². The average molecular weight is 571 g/mol. The summed E-state index contributed by atoms with van der Waals surface area (Å²) in [7, 11) is 0. The van der Waals surface area contributed by atoms with Crippen molar-refractivity contribution < 1.29 is 19.4 Å². The molecule has 4 aromatic rings. The van der Waals surface area contributed by atoms with E-state index in [1.54, 1.807) is 0 Å². The van der Waals surface area contributed by atoms with Gasteiger partial charge in [-0.25, -0.2) is 9.59 Å². The van der Waals surface area contributed by atoms with Gasteiger partial charge < -0.3 is 20.5 Å². The summed E-state index contributed by atoms with van der Waals surface area (Å²) in [6.45, 7) is 6.45. The molecule has 0 spiro atoms. The van der Waals surface area contributed by atoms with Crippen molar-refractivity contribution in [3.8, 4) is 0 Å². The van der Waals surface area contributed by atoms with Crippen molar-refractivity contribution in [2.24, 2.45) is 0 Å². The molecule has 0 heterocycles. The van der Waals surface area contributed by atoms with Crippen LogP contribution in [0.25, 0.3) is 0 Å². The molecule has 7 heteroatoms. The Morgan fingerprint density at radius 1 is 0.732 bits per heavy atom. The van der Waals surface area contributed by atoms with Crippen LogP contribution in [0.2, 0.25) is 0 Å². The Balaban J connectivity index is 0.000000850. The van der Waals surface area contributed by atoms with Crippen LogP contribution >= 0.6 is 11.8 Å². The maximum absolute atomic E-state index is 12.5. The first kappa shape index (κ1) is 31.5. The van der Waals surface area contributed by atoms with Gasteiger partial charge in [-0.15, -0.1) is 11.8 Å². The first-order chi connectivity index (χ1) is 20.0. The number of ether oxygens (including phenoxy) is 1. The third-order valence-corrected chi connectivity index (χ3v) is 7.95. The molecule has 214 valence electrons. The van der Waals surface area contributed by atoms with Gasteiger partial charge in [0.15, 0.2) is 0 Å². The van der Waals surface area contributed by atoms with Crippen molar-refractivity contribution in [1.82, 2.24) is 10.6 Å². The van der Waals surface area contributed by atoms with Crippen LogP contribution in [0.5, 0.6) is 0 Å². The van der Waals surface area contributed by atoms with Crippen LogP contribution in [-0.4, -0.2) is 42.1 Å². The monoisotopic (exact) mass is 570 g/mol. The highest BCUT2D eigenvalue weighted by Crippen LogP contribution is 2.48. The molecule has 4 aromatic carbocycles. The highest BCUT2D eigenvalue weighted by Gasteiger charge is 2.38. The van der Waals surface area contributed by atoms with E-state index in [0.29, 0.717) is 0 Å². The van der Waals surface area contributed by atoms with E-state index in [1.807, 2.05) is 121 Å². The molecular formula is C34H38N2O4S. The van der Waals surface area contributed by atoms with Crippen molar-refractivity contribution in [3.05, 3.63) is 144 Å². The number of carboxylic acids is 1. The molecular weight excluding hydrogens is 532 g/mol. The number of carbonyl (C=O) groups is 2. The summed E-state index contributed by atoms with van der Waals surface area (Å²) in [5.74, 6) is -1.00. The minimum absolute atomic E-state index is 0.0636. The number of hydrogen-bond donors (Lipinski definition) is 3. The number of hydrogen-bond acceptors (Lipinski definition) is 5. The van der Waals surface area contributed by atoms with Gasteiger partial charge in [0.05, 0.1) is 4.75 Å². The smallest absolute Gasteiger partial charge is 0.408 e. The normalized spacial score (nSPS) is 11.5. The minimum atomic E-state index is -1.14. The van der Waals surface area contributed by atoms with Crippen LogP contribution in [0.3, 0.4) is 0 Å². The molecule has 4 rings (SSSR count). The van der Waals surface area contributed by atoms with Gasteiger partial charge in [0, 0.05) is 5.75 Å². The number of nitrogens with one attached hydrogen (secondary N) is 2. The van der Waals surface area contributed by atoms with Gasteiger partial charge in [-0.05, 0) is 35.3 Å². The molecule has 1 atom stereocenters. The first-order valence-electron chi connectivity index (χ1n) is 13.7. The maximum Gasteiger partial charge on any atom is 0.408 e.